The predicted octanol–water partition coefficient (Wildman–Crippen LogP) is 3.30. The maximum absolute atomic E-state index is 12.6. The molecule has 4 rings (SSSR count). The third-order valence-electron chi connectivity index (χ3n) is 4.10. The number of amides is 1. The number of benzene rings is 3. The zero-order valence-corrected chi connectivity index (χ0v) is 14.3. The van der Waals surface area contributed by atoms with E-state index in [-0.39, 0.29) is 18.1 Å². The summed E-state index contributed by atoms with van der Waals surface area (Å²) in [6.07, 6.45) is 0. The smallest absolute Gasteiger partial charge is 0.275 e. The Morgan fingerprint density at radius 3 is 2.04 bits per heavy atom. The minimum absolute atomic E-state index is 0.0588. The molecule has 0 fully saturated rings. The molecule has 27 heavy (non-hydrogen) atoms. The molecule has 1 aliphatic rings. The van der Waals surface area contributed by atoms with Crippen LogP contribution in [0.4, 0.5) is 0 Å². The molecule has 0 aromatic heterocycles. The average Bonchev–Trinajstić information content (AvgIpc) is 3.16. The van der Waals surface area contributed by atoms with Gasteiger partial charge in [0.25, 0.3) is 5.91 Å². The van der Waals surface area contributed by atoms with Crippen LogP contribution in [0.1, 0.15) is 21.5 Å². The molecular weight excluding hydrogens is 344 g/mol. The fraction of sp³-hybridized carbons (Fsp3) is 0.0476. The zero-order valence-electron chi connectivity index (χ0n) is 14.3. The van der Waals surface area contributed by atoms with Crippen LogP contribution < -0.4 is 14.9 Å². The van der Waals surface area contributed by atoms with Crippen LogP contribution >= 0.6 is 0 Å². The highest BCUT2D eigenvalue weighted by Gasteiger charge is 2.21. The van der Waals surface area contributed by atoms with Gasteiger partial charge in [0.2, 0.25) is 6.79 Å². The highest BCUT2D eigenvalue weighted by atomic mass is 16.7. The molecule has 1 amide bonds. The molecule has 0 atom stereocenters. The molecule has 134 valence electrons. The molecule has 6 heteroatoms. The third kappa shape index (κ3) is 3.46. The van der Waals surface area contributed by atoms with E-state index in [9.17, 15) is 9.90 Å². The molecule has 1 heterocycles. The topological polar surface area (TPSA) is 80.2 Å². The summed E-state index contributed by atoms with van der Waals surface area (Å²) in [6.45, 7) is 0.0597. The van der Waals surface area contributed by atoms with Crippen molar-refractivity contribution in [1.29, 1.82) is 0 Å². The summed E-state index contributed by atoms with van der Waals surface area (Å²) in [4.78, 5) is 12.6. The van der Waals surface area contributed by atoms with Crippen molar-refractivity contribution in [3.63, 3.8) is 0 Å². The van der Waals surface area contributed by atoms with Crippen molar-refractivity contribution in [2.45, 2.75) is 0 Å². The Bertz CT molecular complexity index is 960. The lowest BCUT2D eigenvalue weighted by atomic mass is 10.0. The van der Waals surface area contributed by atoms with E-state index in [4.69, 9.17) is 9.47 Å². The summed E-state index contributed by atoms with van der Waals surface area (Å²) in [5, 5.41) is 14.4. The molecule has 3 aromatic rings. The lowest BCUT2D eigenvalue weighted by Crippen LogP contribution is -2.20. The standard InChI is InChI=1S/C21H16N2O4/c24-17-12-19-18(26-13-27-19)11-16(17)21(25)23-22-20(14-7-3-1-4-8-14)15-9-5-2-6-10-15/h1-12,24H,13H2,(H,23,25). The van der Waals surface area contributed by atoms with Crippen LogP contribution in [0.15, 0.2) is 77.9 Å². The van der Waals surface area contributed by atoms with Gasteiger partial charge in [-0.2, -0.15) is 5.10 Å². The van der Waals surface area contributed by atoms with E-state index in [0.717, 1.165) is 11.1 Å². The Morgan fingerprint density at radius 2 is 1.44 bits per heavy atom. The Kier molecular flexibility index (Phi) is 4.45. The van der Waals surface area contributed by atoms with Gasteiger partial charge in [-0.1, -0.05) is 60.7 Å². The minimum Gasteiger partial charge on any atom is -0.507 e. The van der Waals surface area contributed by atoms with Crippen molar-refractivity contribution >= 4 is 11.6 Å². The van der Waals surface area contributed by atoms with Crippen LogP contribution in [0, 0.1) is 0 Å². The number of hydrazone groups is 1. The number of hydrogen-bond donors (Lipinski definition) is 2. The zero-order chi connectivity index (χ0) is 18.6. The quantitative estimate of drug-likeness (QED) is 0.553. The number of phenols is 1. The second-order valence-corrected chi connectivity index (χ2v) is 5.86. The van der Waals surface area contributed by atoms with Gasteiger partial charge < -0.3 is 14.6 Å². The van der Waals surface area contributed by atoms with Crippen LogP contribution in [0.3, 0.4) is 0 Å². The number of fused-ring (bicyclic) bond motifs is 1. The Labute approximate surface area is 155 Å². The van der Waals surface area contributed by atoms with E-state index in [1.165, 1.54) is 12.1 Å². The van der Waals surface area contributed by atoms with Crippen molar-refractivity contribution in [3.8, 4) is 17.2 Å². The number of nitrogens with zero attached hydrogens (tertiary/aromatic N) is 1. The first-order valence-electron chi connectivity index (χ1n) is 8.34. The number of aromatic hydroxyl groups is 1. The van der Waals surface area contributed by atoms with Gasteiger partial charge in [-0.15, -0.1) is 0 Å². The highest BCUT2D eigenvalue weighted by Crippen LogP contribution is 2.37. The number of carbonyl (C=O) groups excluding carboxylic acids is 1. The molecule has 0 saturated heterocycles. The molecule has 0 bridgehead atoms. The lowest BCUT2D eigenvalue weighted by molar-refractivity contribution is 0.0952. The number of phenolic OH excluding ortho intramolecular Hbond substituents is 1. The van der Waals surface area contributed by atoms with Gasteiger partial charge in [0, 0.05) is 23.3 Å². The predicted molar refractivity (Wildman–Crippen MR) is 100 cm³/mol. The van der Waals surface area contributed by atoms with Crippen LogP contribution in [0.5, 0.6) is 17.2 Å². The van der Waals surface area contributed by atoms with Gasteiger partial charge in [0.1, 0.15) is 5.75 Å². The van der Waals surface area contributed by atoms with Crippen LogP contribution in [0.25, 0.3) is 0 Å². The van der Waals surface area contributed by atoms with E-state index < -0.39 is 5.91 Å². The molecule has 0 spiro atoms. The maximum Gasteiger partial charge on any atom is 0.275 e. The molecule has 1 aliphatic heterocycles. The fourth-order valence-electron chi connectivity index (χ4n) is 2.77. The molecule has 0 radical (unpaired) electrons. The van der Waals surface area contributed by atoms with Crippen molar-refractivity contribution in [2.75, 3.05) is 6.79 Å². The second kappa shape index (κ2) is 7.21. The summed E-state index contributed by atoms with van der Waals surface area (Å²) < 4.78 is 10.4. The van der Waals surface area contributed by atoms with E-state index in [1.807, 2.05) is 60.7 Å². The van der Waals surface area contributed by atoms with Gasteiger partial charge in [-0.3, -0.25) is 4.79 Å². The van der Waals surface area contributed by atoms with Gasteiger partial charge in [-0.05, 0) is 0 Å². The van der Waals surface area contributed by atoms with Crippen molar-refractivity contribution < 1.29 is 19.4 Å². The molecule has 3 aromatic carbocycles. The Hall–Kier alpha value is -3.80. The average molecular weight is 360 g/mol. The Morgan fingerprint density at radius 1 is 0.889 bits per heavy atom. The Balaban J connectivity index is 1.65. The molecular formula is C21H16N2O4. The largest absolute Gasteiger partial charge is 0.507 e. The first kappa shape index (κ1) is 16.7. The van der Waals surface area contributed by atoms with Crippen LogP contribution in [0.2, 0.25) is 0 Å². The molecule has 0 saturated carbocycles. The second-order valence-electron chi connectivity index (χ2n) is 5.86. The summed E-state index contributed by atoms with van der Waals surface area (Å²) >= 11 is 0. The maximum atomic E-state index is 12.6. The first-order chi connectivity index (χ1) is 13.2. The molecule has 0 aliphatic carbocycles. The summed E-state index contributed by atoms with van der Waals surface area (Å²) in [5.74, 6) is 0.0677. The number of ether oxygens (including phenoxy) is 2. The van der Waals surface area contributed by atoms with Crippen LogP contribution in [-0.4, -0.2) is 23.5 Å². The van der Waals surface area contributed by atoms with Crippen molar-refractivity contribution in [2.24, 2.45) is 5.10 Å². The SMILES string of the molecule is O=C(NN=C(c1ccccc1)c1ccccc1)c1cc2c(cc1O)OCO2. The van der Waals surface area contributed by atoms with E-state index in [0.29, 0.717) is 17.2 Å². The van der Waals surface area contributed by atoms with Crippen molar-refractivity contribution in [1.82, 2.24) is 5.43 Å². The normalized spacial score (nSPS) is 11.7. The van der Waals surface area contributed by atoms with Crippen LogP contribution in [-0.2, 0) is 0 Å². The van der Waals surface area contributed by atoms with E-state index in [2.05, 4.69) is 10.5 Å². The summed E-state index contributed by atoms with van der Waals surface area (Å²) in [7, 11) is 0. The van der Waals surface area contributed by atoms with Crippen molar-refractivity contribution in [3.05, 3.63) is 89.5 Å². The monoisotopic (exact) mass is 360 g/mol. The third-order valence-corrected chi connectivity index (χ3v) is 4.10. The van der Waals surface area contributed by atoms with Gasteiger partial charge >= 0.3 is 0 Å². The number of carbonyl (C=O) groups is 1. The fourth-order valence-corrected chi connectivity index (χ4v) is 2.77. The van der Waals surface area contributed by atoms with E-state index >= 15 is 0 Å². The minimum atomic E-state index is -0.546. The molecule has 0 unspecified atom stereocenters. The van der Waals surface area contributed by atoms with E-state index in [1.54, 1.807) is 0 Å². The number of hydrogen-bond acceptors (Lipinski definition) is 5. The summed E-state index contributed by atoms with van der Waals surface area (Å²) in [5.41, 5.74) is 4.92. The highest BCUT2D eigenvalue weighted by molar-refractivity contribution is 6.13. The van der Waals surface area contributed by atoms with Gasteiger partial charge in [0.05, 0.1) is 11.3 Å². The number of nitrogens with one attached hydrogen (secondary N) is 1. The molecule has 2 N–H and O–H groups in total. The lowest BCUT2D eigenvalue weighted by Gasteiger charge is -2.09. The van der Waals surface area contributed by atoms with Gasteiger partial charge in [0.15, 0.2) is 11.5 Å². The first-order valence-corrected chi connectivity index (χ1v) is 8.34. The molecule has 6 nitrogen and oxygen atoms in total. The summed E-state index contributed by atoms with van der Waals surface area (Å²) in [6, 6.07) is 21.9. The number of rotatable bonds is 4. The van der Waals surface area contributed by atoms with Gasteiger partial charge in [-0.25, -0.2) is 5.43 Å².